The Morgan fingerprint density at radius 1 is 1.12 bits per heavy atom. The summed E-state index contributed by atoms with van der Waals surface area (Å²) >= 11 is 0. The Labute approximate surface area is 145 Å². The van der Waals surface area contributed by atoms with Gasteiger partial charge in [0.15, 0.2) is 0 Å². The van der Waals surface area contributed by atoms with E-state index in [-0.39, 0.29) is 11.9 Å². The lowest BCUT2D eigenvalue weighted by molar-refractivity contribution is -0.121. The molecule has 1 atom stereocenters. The van der Waals surface area contributed by atoms with Gasteiger partial charge in [0.25, 0.3) is 0 Å². The molecular weight excluding hydrogens is 312 g/mol. The summed E-state index contributed by atoms with van der Waals surface area (Å²) in [4.78, 5) is 23.4. The number of hydrogen-bond donors (Lipinski definition) is 3. The van der Waals surface area contributed by atoms with Crippen molar-refractivity contribution in [1.82, 2.24) is 20.3 Å². The van der Waals surface area contributed by atoms with Crippen LogP contribution in [0.15, 0.2) is 54.7 Å². The van der Waals surface area contributed by atoms with Crippen LogP contribution in [0.4, 0.5) is 0 Å². The number of aromatic nitrogens is 3. The minimum Gasteiger partial charge on any atom is -0.361 e. The fourth-order valence-corrected chi connectivity index (χ4v) is 3.15. The first kappa shape index (κ1) is 15.4. The maximum atomic E-state index is 12.3. The van der Waals surface area contributed by atoms with E-state index < -0.39 is 0 Å². The number of aromatic amines is 2. The number of nitrogens with one attached hydrogen (secondary N) is 3. The molecule has 0 aliphatic rings. The van der Waals surface area contributed by atoms with Gasteiger partial charge in [0.2, 0.25) is 5.91 Å². The lowest BCUT2D eigenvalue weighted by Gasteiger charge is -2.11. The van der Waals surface area contributed by atoms with Crippen molar-refractivity contribution < 1.29 is 4.79 Å². The van der Waals surface area contributed by atoms with Gasteiger partial charge in [0.1, 0.15) is 5.82 Å². The fraction of sp³-hybridized carbons (Fsp3) is 0.200. The van der Waals surface area contributed by atoms with Crippen molar-refractivity contribution in [1.29, 1.82) is 0 Å². The smallest absolute Gasteiger partial charge is 0.220 e. The standard InChI is InChI=1S/C20H20N4O/c1-13(20-23-17-8-4-5-9-18(17)24-20)22-19(25)11-10-14-12-21-16-7-3-2-6-15(14)16/h2-9,12-13,21H,10-11H2,1H3,(H,22,25)(H,23,24). The van der Waals surface area contributed by atoms with Crippen LogP contribution in [0.5, 0.6) is 0 Å². The van der Waals surface area contributed by atoms with Crippen LogP contribution in [0.1, 0.15) is 30.8 Å². The van der Waals surface area contributed by atoms with Crippen LogP contribution >= 0.6 is 0 Å². The van der Waals surface area contributed by atoms with Crippen molar-refractivity contribution in [3.05, 3.63) is 66.1 Å². The minimum atomic E-state index is -0.150. The number of imidazole rings is 1. The normalized spacial score (nSPS) is 12.5. The van der Waals surface area contributed by atoms with Gasteiger partial charge in [0.05, 0.1) is 17.1 Å². The van der Waals surface area contributed by atoms with Crippen LogP contribution in [-0.4, -0.2) is 20.9 Å². The highest BCUT2D eigenvalue weighted by molar-refractivity contribution is 5.84. The molecule has 2 aromatic heterocycles. The third-order valence-corrected chi connectivity index (χ3v) is 4.49. The number of rotatable bonds is 5. The summed E-state index contributed by atoms with van der Waals surface area (Å²) < 4.78 is 0. The van der Waals surface area contributed by atoms with Crippen LogP contribution in [0.25, 0.3) is 21.9 Å². The molecule has 0 bridgehead atoms. The summed E-state index contributed by atoms with van der Waals surface area (Å²) in [6.07, 6.45) is 3.15. The summed E-state index contributed by atoms with van der Waals surface area (Å²) in [5.74, 6) is 0.805. The topological polar surface area (TPSA) is 73.6 Å². The molecule has 3 N–H and O–H groups in total. The number of benzene rings is 2. The van der Waals surface area contributed by atoms with E-state index in [4.69, 9.17) is 0 Å². The molecule has 4 aromatic rings. The number of aryl methyl sites for hydroxylation is 1. The third-order valence-electron chi connectivity index (χ3n) is 4.49. The SMILES string of the molecule is CC(NC(=O)CCc1c[nH]c2ccccc12)c1nc2ccccc2[nH]1. The number of H-pyrrole nitrogens is 2. The van der Waals surface area contributed by atoms with Gasteiger partial charge < -0.3 is 15.3 Å². The molecule has 0 radical (unpaired) electrons. The molecule has 0 fully saturated rings. The second-order valence-electron chi connectivity index (χ2n) is 6.29. The van der Waals surface area contributed by atoms with Crippen LogP contribution in [0.2, 0.25) is 0 Å². The van der Waals surface area contributed by atoms with Crippen molar-refractivity contribution >= 4 is 27.8 Å². The van der Waals surface area contributed by atoms with E-state index >= 15 is 0 Å². The van der Waals surface area contributed by atoms with Crippen molar-refractivity contribution in [2.24, 2.45) is 0 Å². The van der Waals surface area contributed by atoms with Gasteiger partial charge in [-0.15, -0.1) is 0 Å². The van der Waals surface area contributed by atoms with Gasteiger partial charge in [0, 0.05) is 23.5 Å². The van der Waals surface area contributed by atoms with Crippen molar-refractivity contribution in [2.75, 3.05) is 0 Å². The lowest BCUT2D eigenvalue weighted by Crippen LogP contribution is -2.27. The quantitative estimate of drug-likeness (QED) is 0.519. The van der Waals surface area contributed by atoms with Gasteiger partial charge in [-0.2, -0.15) is 0 Å². The molecule has 5 heteroatoms. The molecule has 0 saturated carbocycles. The predicted molar refractivity (Wildman–Crippen MR) is 99.3 cm³/mol. The molecule has 1 amide bonds. The van der Waals surface area contributed by atoms with Gasteiger partial charge in [-0.25, -0.2) is 4.98 Å². The number of carbonyl (C=O) groups is 1. The Balaban J connectivity index is 1.39. The van der Waals surface area contributed by atoms with E-state index in [1.165, 1.54) is 10.9 Å². The molecule has 0 aliphatic heterocycles. The van der Waals surface area contributed by atoms with Crippen LogP contribution in [0.3, 0.4) is 0 Å². The largest absolute Gasteiger partial charge is 0.361 e. The predicted octanol–water partition coefficient (Wildman–Crippen LogP) is 3.85. The molecule has 0 spiro atoms. The van der Waals surface area contributed by atoms with Gasteiger partial charge in [-0.1, -0.05) is 30.3 Å². The first-order chi connectivity index (χ1) is 12.2. The Morgan fingerprint density at radius 2 is 1.88 bits per heavy atom. The Morgan fingerprint density at radius 3 is 2.72 bits per heavy atom. The monoisotopic (exact) mass is 332 g/mol. The van der Waals surface area contributed by atoms with Gasteiger partial charge in [-0.3, -0.25) is 4.79 Å². The number of amides is 1. The average molecular weight is 332 g/mol. The average Bonchev–Trinajstić information content (AvgIpc) is 3.24. The molecule has 0 saturated heterocycles. The van der Waals surface area contributed by atoms with E-state index in [0.29, 0.717) is 12.8 Å². The number of hydrogen-bond acceptors (Lipinski definition) is 2. The van der Waals surface area contributed by atoms with E-state index in [1.54, 1.807) is 0 Å². The van der Waals surface area contributed by atoms with E-state index in [9.17, 15) is 4.79 Å². The molecule has 5 nitrogen and oxygen atoms in total. The van der Waals surface area contributed by atoms with E-state index in [2.05, 4.69) is 26.3 Å². The molecule has 0 aliphatic carbocycles. The van der Waals surface area contributed by atoms with Crippen LogP contribution in [-0.2, 0) is 11.2 Å². The first-order valence-corrected chi connectivity index (χ1v) is 8.50. The highest BCUT2D eigenvalue weighted by Crippen LogP contribution is 2.19. The summed E-state index contributed by atoms with van der Waals surface area (Å²) in [6.45, 7) is 1.95. The zero-order chi connectivity index (χ0) is 17.2. The Hall–Kier alpha value is -3.08. The minimum absolute atomic E-state index is 0.0261. The fourth-order valence-electron chi connectivity index (χ4n) is 3.15. The second kappa shape index (κ2) is 6.43. The second-order valence-corrected chi connectivity index (χ2v) is 6.29. The molecule has 2 heterocycles. The van der Waals surface area contributed by atoms with E-state index in [0.717, 1.165) is 22.4 Å². The summed E-state index contributed by atoms with van der Waals surface area (Å²) in [5, 5.41) is 4.21. The molecule has 126 valence electrons. The summed E-state index contributed by atoms with van der Waals surface area (Å²) in [6, 6.07) is 15.9. The number of fused-ring (bicyclic) bond motifs is 2. The Bertz CT molecular complexity index is 997. The zero-order valence-corrected chi connectivity index (χ0v) is 14.0. The van der Waals surface area contributed by atoms with Crippen molar-refractivity contribution in [3.8, 4) is 0 Å². The van der Waals surface area contributed by atoms with Gasteiger partial charge >= 0.3 is 0 Å². The van der Waals surface area contributed by atoms with Crippen LogP contribution in [0, 0.1) is 0 Å². The Kier molecular flexibility index (Phi) is 3.98. The maximum absolute atomic E-state index is 12.3. The van der Waals surface area contributed by atoms with Gasteiger partial charge in [-0.05, 0) is 37.1 Å². The summed E-state index contributed by atoms with van der Waals surface area (Å²) in [7, 11) is 0. The summed E-state index contributed by atoms with van der Waals surface area (Å²) in [5.41, 5.74) is 4.17. The maximum Gasteiger partial charge on any atom is 0.220 e. The molecule has 4 rings (SSSR count). The molecule has 25 heavy (non-hydrogen) atoms. The highest BCUT2D eigenvalue weighted by atomic mass is 16.1. The third kappa shape index (κ3) is 3.13. The number of carbonyl (C=O) groups excluding carboxylic acids is 1. The zero-order valence-electron chi connectivity index (χ0n) is 14.0. The van der Waals surface area contributed by atoms with Crippen LogP contribution < -0.4 is 5.32 Å². The highest BCUT2D eigenvalue weighted by Gasteiger charge is 2.14. The molecular formula is C20H20N4O. The van der Waals surface area contributed by atoms with Crippen molar-refractivity contribution in [3.63, 3.8) is 0 Å². The first-order valence-electron chi connectivity index (χ1n) is 8.50. The van der Waals surface area contributed by atoms with E-state index in [1.807, 2.05) is 55.6 Å². The molecule has 2 aromatic carbocycles. The number of para-hydroxylation sites is 3. The van der Waals surface area contributed by atoms with Crippen molar-refractivity contribution in [2.45, 2.75) is 25.8 Å². The molecule has 1 unspecified atom stereocenters. The number of nitrogens with zero attached hydrogens (tertiary/aromatic N) is 1. The lowest BCUT2D eigenvalue weighted by atomic mass is 10.1.